The van der Waals surface area contributed by atoms with Crippen LogP contribution in [0.4, 0.5) is 5.82 Å². The fraction of sp³-hybridized carbons (Fsp3) is 0.385. The van der Waals surface area contributed by atoms with Crippen LogP contribution in [0.15, 0.2) is 33.7 Å². The van der Waals surface area contributed by atoms with Gasteiger partial charge in [0.25, 0.3) is 0 Å². The molecule has 0 fully saturated rings. The van der Waals surface area contributed by atoms with Crippen LogP contribution < -0.4 is 4.90 Å². The summed E-state index contributed by atoms with van der Waals surface area (Å²) in [5, 5.41) is 0. The molecule has 2 heterocycles. The third-order valence-corrected chi connectivity index (χ3v) is 3.00. The minimum absolute atomic E-state index is 0.769. The molecule has 2 aromatic heterocycles. The van der Waals surface area contributed by atoms with Gasteiger partial charge in [-0.2, -0.15) is 0 Å². The lowest BCUT2D eigenvalue weighted by molar-refractivity contribution is 0.563. The largest absolute Gasteiger partial charge is 0.472 e. The van der Waals surface area contributed by atoms with Gasteiger partial charge in [0, 0.05) is 31.6 Å². The second-order valence-electron chi connectivity index (χ2n) is 4.20. The maximum Gasteiger partial charge on any atom is 0.133 e. The van der Waals surface area contributed by atoms with Gasteiger partial charge < -0.3 is 9.32 Å². The van der Waals surface area contributed by atoms with Crippen molar-refractivity contribution in [2.75, 3.05) is 11.9 Å². The van der Waals surface area contributed by atoms with E-state index < -0.39 is 0 Å². The highest BCUT2D eigenvalue weighted by atomic mass is 79.9. The maximum atomic E-state index is 5.07. The van der Waals surface area contributed by atoms with Gasteiger partial charge in [-0.3, -0.25) is 0 Å². The Balaban J connectivity index is 2.16. The number of aryl methyl sites for hydroxylation is 1. The van der Waals surface area contributed by atoms with Crippen LogP contribution in [0.3, 0.4) is 0 Å². The van der Waals surface area contributed by atoms with Crippen molar-refractivity contribution in [3.05, 3.63) is 40.7 Å². The third-order valence-electron chi connectivity index (χ3n) is 2.59. The number of aromatic nitrogens is 2. The van der Waals surface area contributed by atoms with Crippen LogP contribution in [-0.2, 0) is 13.0 Å². The summed E-state index contributed by atoms with van der Waals surface area (Å²) in [6.07, 6.45) is 5.37. The summed E-state index contributed by atoms with van der Waals surface area (Å²) in [5.74, 6) is 1.79. The molecule has 0 aliphatic carbocycles. The first-order chi connectivity index (χ1) is 8.69. The molecule has 0 spiro atoms. The van der Waals surface area contributed by atoms with Crippen molar-refractivity contribution in [1.29, 1.82) is 0 Å². The molecule has 0 aliphatic heterocycles. The Morgan fingerprint density at radius 2 is 2.22 bits per heavy atom. The van der Waals surface area contributed by atoms with Gasteiger partial charge in [0.2, 0.25) is 0 Å². The Hall–Kier alpha value is -1.36. The summed E-state index contributed by atoms with van der Waals surface area (Å²) in [6, 6.07) is 3.89. The van der Waals surface area contributed by atoms with E-state index in [1.165, 1.54) is 0 Å². The standard InChI is InChI=1S/C13H16BrN3O/c1-3-4-12-15-11(14)7-13(16-12)17(2)8-10-5-6-18-9-10/h5-7,9H,3-4,8H2,1-2H3. The van der Waals surface area contributed by atoms with Gasteiger partial charge in [-0.05, 0) is 28.4 Å². The highest BCUT2D eigenvalue weighted by Gasteiger charge is 2.08. The minimum Gasteiger partial charge on any atom is -0.472 e. The summed E-state index contributed by atoms with van der Waals surface area (Å²) in [7, 11) is 2.01. The predicted molar refractivity (Wildman–Crippen MR) is 74.5 cm³/mol. The Morgan fingerprint density at radius 3 is 2.89 bits per heavy atom. The van der Waals surface area contributed by atoms with Gasteiger partial charge >= 0.3 is 0 Å². The Labute approximate surface area is 115 Å². The van der Waals surface area contributed by atoms with Gasteiger partial charge in [0.1, 0.15) is 16.2 Å². The molecule has 0 aromatic carbocycles. The van der Waals surface area contributed by atoms with E-state index in [2.05, 4.69) is 37.7 Å². The highest BCUT2D eigenvalue weighted by Crippen LogP contribution is 2.18. The highest BCUT2D eigenvalue weighted by molar-refractivity contribution is 9.10. The van der Waals surface area contributed by atoms with Crippen LogP contribution in [0.1, 0.15) is 24.7 Å². The lowest BCUT2D eigenvalue weighted by Gasteiger charge is -2.18. The fourth-order valence-corrected chi connectivity index (χ4v) is 2.13. The Morgan fingerprint density at radius 1 is 1.39 bits per heavy atom. The van der Waals surface area contributed by atoms with Gasteiger partial charge in [-0.25, -0.2) is 9.97 Å². The number of anilines is 1. The maximum absolute atomic E-state index is 5.07. The fourth-order valence-electron chi connectivity index (χ4n) is 1.72. The molecule has 0 N–H and O–H groups in total. The quantitative estimate of drug-likeness (QED) is 0.794. The smallest absolute Gasteiger partial charge is 0.133 e. The van der Waals surface area contributed by atoms with Crippen molar-refractivity contribution >= 4 is 21.7 Å². The van der Waals surface area contributed by atoms with Crippen molar-refractivity contribution in [1.82, 2.24) is 9.97 Å². The van der Waals surface area contributed by atoms with E-state index in [0.29, 0.717) is 0 Å². The molecule has 0 saturated heterocycles. The first kappa shape index (κ1) is 13.1. The van der Waals surface area contributed by atoms with Crippen molar-refractivity contribution in [3.8, 4) is 0 Å². The topological polar surface area (TPSA) is 42.2 Å². The number of halogens is 1. The molecule has 0 aliphatic rings. The molecular formula is C13H16BrN3O. The second kappa shape index (κ2) is 6.00. The average Bonchev–Trinajstić information content (AvgIpc) is 2.81. The molecule has 2 rings (SSSR count). The van der Waals surface area contributed by atoms with Crippen molar-refractivity contribution in [2.24, 2.45) is 0 Å². The van der Waals surface area contributed by atoms with Crippen LogP contribution >= 0.6 is 15.9 Å². The van der Waals surface area contributed by atoms with Gasteiger partial charge in [-0.15, -0.1) is 0 Å². The Bertz CT molecular complexity index is 499. The average molecular weight is 310 g/mol. The number of hydrogen-bond acceptors (Lipinski definition) is 4. The van der Waals surface area contributed by atoms with Gasteiger partial charge in [0.05, 0.1) is 12.5 Å². The van der Waals surface area contributed by atoms with E-state index in [4.69, 9.17) is 4.42 Å². The summed E-state index contributed by atoms with van der Waals surface area (Å²) in [5.41, 5.74) is 1.13. The van der Waals surface area contributed by atoms with E-state index in [1.807, 2.05) is 19.2 Å². The molecule has 0 atom stereocenters. The van der Waals surface area contributed by atoms with E-state index in [1.54, 1.807) is 12.5 Å². The number of rotatable bonds is 5. The number of furan rings is 1. The molecule has 5 heteroatoms. The van der Waals surface area contributed by atoms with Crippen molar-refractivity contribution in [3.63, 3.8) is 0 Å². The van der Waals surface area contributed by atoms with E-state index in [-0.39, 0.29) is 0 Å². The molecule has 18 heavy (non-hydrogen) atoms. The van der Waals surface area contributed by atoms with Crippen molar-refractivity contribution in [2.45, 2.75) is 26.3 Å². The molecule has 2 aromatic rings. The summed E-state index contributed by atoms with van der Waals surface area (Å²) in [6.45, 7) is 2.89. The lowest BCUT2D eigenvalue weighted by Crippen LogP contribution is -2.18. The molecule has 0 amide bonds. The minimum atomic E-state index is 0.769. The monoisotopic (exact) mass is 309 g/mol. The van der Waals surface area contributed by atoms with Gasteiger partial charge in [-0.1, -0.05) is 6.92 Å². The van der Waals surface area contributed by atoms with Crippen LogP contribution in [0.25, 0.3) is 0 Å². The number of nitrogens with zero attached hydrogens (tertiary/aromatic N) is 3. The van der Waals surface area contributed by atoms with E-state index >= 15 is 0 Å². The molecule has 96 valence electrons. The van der Waals surface area contributed by atoms with Crippen LogP contribution in [-0.4, -0.2) is 17.0 Å². The first-order valence-corrected chi connectivity index (χ1v) is 6.74. The summed E-state index contributed by atoms with van der Waals surface area (Å²) < 4.78 is 5.90. The number of hydrogen-bond donors (Lipinski definition) is 0. The zero-order valence-electron chi connectivity index (χ0n) is 10.6. The second-order valence-corrected chi connectivity index (χ2v) is 5.02. The van der Waals surface area contributed by atoms with E-state index in [0.717, 1.165) is 41.2 Å². The zero-order valence-corrected chi connectivity index (χ0v) is 12.1. The molecule has 4 nitrogen and oxygen atoms in total. The SMILES string of the molecule is CCCc1nc(Br)cc(N(C)Cc2ccoc2)n1. The predicted octanol–water partition coefficient (Wildman–Crippen LogP) is 3.42. The molecule has 0 unspecified atom stereocenters. The lowest BCUT2D eigenvalue weighted by atomic mass is 10.3. The first-order valence-electron chi connectivity index (χ1n) is 5.94. The van der Waals surface area contributed by atoms with Crippen LogP contribution in [0, 0.1) is 0 Å². The van der Waals surface area contributed by atoms with Gasteiger partial charge in [0.15, 0.2) is 0 Å². The molecule has 0 bridgehead atoms. The summed E-state index contributed by atoms with van der Waals surface area (Å²) >= 11 is 3.43. The Kier molecular flexibility index (Phi) is 4.36. The normalized spacial score (nSPS) is 10.6. The van der Waals surface area contributed by atoms with Crippen molar-refractivity contribution < 1.29 is 4.42 Å². The summed E-state index contributed by atoms with van der Waals surface area (Å²) in [4.78, 5) is 11.0. The van der Waals surface area contributed by atoms with E-state index in [9.17, 15) is 0 Å². The third kappa shape index (κ3) is 3.32. The van der Waals surface area contributed by atoms with Crippen LogP contribution in [0.5, 0.6) is 0 Å². The molecular weight excluding hydrogens is 294 g/mol. The van der Waals surface area contributed by atoms with Crippen LogP contribution in [0.2, 0.25) is 0 Å². The molecule has 0 saturated carbocycles. The molecule has 0 radical (unpaired) electrons. The zero-order chi connectivity index (χ0) is 13.0.